The largest absolute Gasteiger partial charge is 0.444 e. The molecule has 0 spiro atoms. The Labute approximate surface area is 225 Å². The van der Waals surface area contributed by atoms with Gasteiger partial charge in [-0.1, -0.05) is 12.1 Å². The maximum atomic E-state index is 12.5. The Morgan fingerprint density at radius 1 is 1.05 bits per heavy atom. The standard InChI is InChI=1S/C28H42N4O4S/c1-20-11-14-31(26(34)36-28(5,6)7)15-16-32(20)19-21-8-9-23-22(18-21)10-12-29-24(23)37-17-13-30-25(33)35-27(2,3)4/h8-10,12,18,20H,11,13-17,19H2,1-7H3,(H,30,33)/t20-/m1/s1. The van der Waals surface area contributed by atoms with Gasteiger partial charge in [0.05, 0.1) is 0 Å². The van der Waals surface area contributed by atoms with E-state index in [2.05, 4.69) is 40.3 Å². The topological polar surface area (TPSA) is 84.0 Å². The molecule has 2 heterocycles. The minimum Gasteiger partial charge on any atom is -0.444 e. The number of nitrogens with zero attached hydrogens (tertiary/aromatic N) is 3. The van der Waals surface area contributed by atoms with E-state index < -0.39 is 17.3 Å². The number of thioether (sulfide) groups is 1. The maximum absolute atomic E-state index is 12.5. The lowest BCUT2D eigenvalue weighted by Gasteiger charge is -2.27. The molecule has 1 fully saturated rings. The fourth-order valence-corrected chi connectivity index (χ4v) is 4.99. The van der Waals surface area contributed by atoms with E-state index in [1.165, 1.54) is 5.56 Å². The number of carbonyl (C=O) groups excluding carboxylic acids is 2. The zero-order valence-electron chi connectivity index (χ0n) is 23.3. The molecule has 0 bridgehead atoms. The Hall–Kier alpha value is -2.52. The first-order valence-corrected chi connectivity index (χ1v) is 14.0. The highest BCUT2D eigenvalue weighted by atomic mass is 32.2. The van der Waals surface area contributed by atoms with Crippen LogP contribution in [0.15, 0.2) is 35.5 Å². The van der Waals surface area contributed by atoms with Gasteiger partial charge in [0.1, 0.15) is 16.2 Å². The van der Waals surface area contributed by atoms with E-state index in [0.29, 0.717) is 31.4 Å². The molecule has 1 aliphatic heterocycles. The van der Waals surface area contributed by atoms with Crippen molar-refractivity contribution in [3.63, 3.8) is 0 Å². The van der Waals surface area contributed by atoms with Crippen LogP contribution in [0.25, 0.3) is 10.8 Å². The number of pyridine rings is 1. The molecule has 2 amide bonds. The summed E-state index contributed by atoms with van der Waals surface area (Å²) in [6.45, 7) is 17.0. The maximum Gasteiger partial charge on any atom is 0.410 e. The van der Waals surface area contributed by atoms with Gasteiger partial charge in [0.2, 0.25) is 0 Å². The normalized spacial score (nSPS) is 17.4. The molecule has 1 aromatic carbocycles. The molecule has 3 rings (SSSR count). The zero-order chi connectivity index (χ0) is 27.2. The van der Waals surface area contributed by atoms with Gasteiger partial charge in [0.15, 0.2) is 0 Å². The summed E-state index contributed by atoms with van der Waals surface area (Å²) in [7, 11) is 0. The first kappa shape index (κ1) is 29.0. The van der Waals surface area contributed by atoms with Crippen molar-refractivity contribution in [1.82, 2.24) is 20.1 Å². The Kier molecular flexibility index (Phi) is 9.69. The van der Waals surface area contributed by atoms with Crippen LogP contribution in [0.4, 0.5) is 9.59 Å². The van der Waals surface area contributed by atoms with Crippen LogP contribution < -0.4 is 5.32 Å². The Bertz CT molecular complexity index is 1080. The van der Waals surface area contributed by atoms with E-state index in [1.807, 2.05) is 58.7 Å². The summed E-state index contributed by atoms with van der Waals surface area (Å²) in [5.41, 5.74) is 0.244. The Morgan fingerprint density at radius 3 is 2.49 bits per heavy atom. The number of benzene rings is 1. The van der Waals surface area contributed by atoms with Gasteiger partial charge in [-0.05, 0) is 78.0 Å². The van der Waals surface area contributed by atoms with Gasteiger partial charge >= 0.3 is 12.2 Å². The second-order valence-electron chi connectivity index (χ2n) is 11.5. The minimum atomic E-state index is -0.505. The third-order valence-electron chi connectivity index (χ3n) is 5.94. The molecule has 204 valence electrons. The number of fused-ring (bicyclic) bond motifs is 1. The fraction of sp³-hybridized carbons (Fsp3) is 0.607. The van der Waals surface area contributed by atoms with Crippen molar-refractivity contribution in [2.45, 2.75) is 83.7 Å². The highest BCUT2D eigenvalue weighted by Gasteiger charge is 2.27. The second-order valence-corrected chi connectivity index (χ2v) is 12.6. The van der Waals surface area contributed by atoms with Gasteiger partial charge < -0.3 is 19.7 Å². The molecule has 8 nitrogen and oxygen atoms in total. The molecular formula is C28H42N4O4S. The smallest absolute Gasteiger partial charge is 0.410 e. The number of amides is 2. The number of nitrogens with one attached hydrogen (secondary N) is 1. The summed E-state index contributed by atoms with van der Waals surface area (Å²) in [4.78, 5) is 33.2. The van der Waals surface area contributed by atoms with Crippen LogP contribution >= 0.6 is 11.8 Å². The lowest BCUT2D eigenvalue weighted by molar-refractivity contribution is 0.0257. The molecule has 1 saturated heterocycles. The summed E-state index contributed by atoms with van der Waals surface area (Å²) in [5.74, 6) is 0.701. The Balaban J connectivity index is 1.58. The SMILES string of the molecule is C[C@@H]1CCN(C(=O)OC(C)(C)C)CCN1Cc1ccc2c(SCCNC(=O)OC(C)(C)C)nccc2c1. The molecule has 37 heavy (non-hydrogen) atoms. The van der Waals surface area contributed by atoms with Crippen LogP contribution in [0.2, 0.25) is 0 Å². The summed E-state index contributed by atoms with van der Waals surface area (Å²) in [6, 6.07) is 8.93. The summed E-state index contributed by atoms with van der Waals surface area (Å²) in [5, 5.41) is 6.00. The van der Waals surface area contributed by atoms with Gasteiger partial charge in [0, 0.05) is 56.1 Å². The highest BCUT2D eigenvalue weighted by Crippen LogP contribution is 2.27. The van der Waals surface area contributed by atoms with Crippen molar-refractivity contribution in [3.8, 4) is 0 Å². The molecule has 0 radical (unpaired) electrons. The predicted molar refractivity (Wildman–Crippen MR) is 149 cm³/mol. The third kappa shape index (κ3) is 9.38. The van der Waals surface area contributed by atoms with E-state index in [9.17, 15) is 9.59 Å². The third-order valence-corrected chi connectivity index (χ3v) is 6.94. The number of alkyl carbamates (subject to hydrolysis) is 1. The summed E-state index contributed by atoms with van der Waals surface area (Å²) >= 11 is 1.62. The minimum absolute atomic E-state index is 0.230. The molecule has 1 atom stereocenters. The number of aromatic nitrogens is 1. The quantitative estimate of drug-likeness (QED) is 0.380. The average molecular weight is 531 g/mol. The second kappa shape index (κ2) is 12.3. The molecule has 1 N–H and O–H groups in total. The van der Waals surface area contributed by atoms with E-state index in [1.54, 1.807) is 11.8 Å². The van der Waals surface area contributed by atoms with Crippen molar-refractivity contribution in [1.29, 1.82) is 0 Å². The first-order chi connectivity index (χ1) is 17.3. The van der Waals surface area contributed by atoms with E-state index in [4.69, 9.17) is 9.47 Å². The number of hydrogen-bond acceptors (Lipinski definition) is 7. The molecule has 0 saturated carbocycles. The van der Waals surface area contributed by atoms with Gasteiger partial charge in [-0.25, -0.2) is 14.6 Å². The monoisotopic (exact) mass is 530 g/mol. The van der Waals surface area contributed by atoms with Crippen molar-refractivity contribution < 1.29 is 19.1 Å². The van der Waals surface area contributed by atoms with E-state index in [0.717, 1.165) is 35.3 Å². The zero-order valence-corrected chi connectivity index (χ0v) is 24.1. The highest BCUT2D eigenvalue weighted by molar-refractivity contribution is 7.99. The van der Waals surface area contributed by atoms with Crippen molar-refractivity contribution >= 4 is 34.7 Å². The van der Waals surface area contributed by atoms with Gasteiger partial charge in [-0.15, -0.1) is 11.8 Å². The van der Waals surface area contributed by atoms with Crippen LogP contribution in [0.5, 0.6) is 0 Å². The van der Waals surface area contributed by atoms with Crippen molar-refractivity contribution in [2.24, 2.45) is 0 Å². The number of hydrogen-bond donors (Lipinski definition) is 1. The van der Waals surface area contributed by atoms with Gasteiger partial charge in [-0.2, -0.15) is 0 Å². The predicted octanol–water partition coefficient (Wildman–Crippen LogP) is 5.68. The van der Waals surface area contributed by atoms with Gasteiger partial charge in [0.25, 0.3) is 0 Å². The lowest BCUT2D eigenvalue weighted by Crippen LogP contribution is -2.39. The molecule has 0 aliphatic carbocycles. The van der Waals surface area contributed by atoms with E-state index in [-0.39, 0.29) is 6.09 Å². The average Bonchev–Trinajstić information content (AvgIpc) is 2.96. The number of rotatable bonds is 6. The van der Waals surface area contributed by atoms with Crippen molar-refractivity contribution in [2.75, 3.05) is 31.9 Å². The first-order valence-electron chi connectivity index (χ1n) is 13.0. The lowest BCUT2D eigenvalue weighted by atomic mass is 10.1. The fourth-order valence-electron chi connectivity index (χ4n) is 4.11. The number of carbonyl (C=O) groups is 2. The van der Waals surface area contributed by atoms with Crippen LogP contribution in [0.3, 0.4) is 0 Å². The summed E-state index contributed by atoms with van der Waals surface area (Å²) < 4.78 is 10.9. The van der Waals surface area contributed by atoms with Crippen molar-refractivity contribution in [3.05, 3.63) is 36.0 Å². The summed E-state index contributed by atoms with van der Waals surface area (Å²) in [6.07, 6.45) is 2.12. The van der Waals surface area contributed by atoms with Crippen LogP contribution in [0.1, 0.15) is 60.5 Å². The molecule has 1 aliphatic rings. The molecule has 9 heteroatoms. The van der Waals surface area contributed by atoms with Gasteiger partial charge in [-0.3, -0.25) is 4.90 Å². The number of ether oxygens (including phenoxy) is 2. The van der Waals surface area contributed by atoms with Crippen LogP contribution in [0, 0.1) is 0 Å². The molecular weight excluding hydrogens is 488 g/mol. The van der Waals surface area contributed by atoms with Crippen LogP contribution in [-0.4, -0.2) is 76.1 Å². The molecule has 1 aromatic heterocycles. The molecule has 0 unspecified atom stereocenters. The van der Waals surface area contributed by atoms with E-state index >= 15 is 0 Å². The van der Waals surface area contributed by atoms with Crippen LogP contribution in [-0.2, 0) is 16.0 Å². The Morgan fingerprint density at radius 2 is 1.78 bits per heavy atom. The molecule has 2 aromatic rings.